The molecule has 39 heavy (non-hydrogen) atoms. The monoisotopic (exact) mass is 1210 g/mol. The van der Waals surface area contributed by atoms with Gasteiger partial charge in [0.15, 0.2) is 0 Å². The summed E-state index contributed by atoms with van der Waals surface area (Å²) in [6.07, 6.45) is 0. The fraction of sp³-hybridized carbons (Fsp3) is 0.227. The molecule has 0 bridgehead atoms. The minimum absolute atomic E-state index is 0.0484. The molecular formula is C22H18I6N4O7. The van der Waals surface area contributed by atoms with Gasteiger partial charge in [0, 0.05) is 37.3 Å². The van der Waals surface area contributed by atoms with E-state index in [2.05, 4.69) is 5.32 Å². The van der Waals surface area contributed by atoms with Crippen LogP contribution in [-0.4, -0.2) is 60.5 Å². The average molecular weight is 1210 g/mol. The van der Waals surface area contributed by atoms with Crippen LogP contribution in [0.15, 0.2) is 0 Å². The number of carboxylic acid groups (broad SMARTS) is 1. The van der Waals surface area contributed by atoms with Crippen LogP contribution in [0.25, 0.3) is 0 Å². The van der Waals surface area contributed by atoms with Gasteiger partial charge in [-0.25, -0.2) is 9.69 Å². The zero-order chi connectivity index (χ0) is 30.1. The largest absolute Gasteiger partial charge is 0.478 e. The number of carbonyl (C=O) groups excluding carboxylic acids is 4. The highest BCUT2D eigenvalue weighted by Gasteiger charge is 2.37. The highest BCUT2D eigenvalue weighted by molar-refractivity contribution is 14.1. The van der Waals surface area contributed by atoms with Crippen LogP contribution in [-0.2, 0) is 16.2 Å². The van der Waals surface area contributed by atoms with Gasteiger partial charge in [0.2, 0.25) is 11.8 Å². The summed E-state index contributed by atoms with van der Waals surface area (Å²) in [7, 11) is 2.92. The molecule has 0 fully saturated rings. The molecule has 210 valence electrons. The van der Waals surface area contributed by atoms with E-state index >= 15 is 0 Å². The second-order valence-electron chi connectivity index (χ2n) is 7.54. The molecule has 0 heterocycles. The predicted octanol–water partition coefficient (Wildman–Crippen LogP) is 3.98. The molecule has 2 aromatic carbocycles. The molecule has 5 N–H and O–H groups in total. The number of hydrogen-bond acceptors (Lipinski definition) is 7. The number of aliphatic hydroxyl groups excluding tert-OH is 1. The van der Waals surface area contributed by atoms with Gasteiger partial charge < -0.3 is 26.2 Å². The summed E-state index contributed by atoms with van der Waals surface area (Å²) in [6.45, 7) is 0.183. The highest BCUT2D eigenvalue weighted by Crippen LogP contribution is 2.42. The molecule has 0 atom stereocenters. The number of aromatic carboxylic acids is 1. The number of anilines is 2. The molecule has 11 nitrogen and oxygen atoms in total. The summed E-state index contributed by atoms with van der Waals surface area (Å²) in [6, 6.07) is 0. The van der Waals surface area contributed by atoms with Crippen molar-refractivity contribution < 1.29 is 34.2 Å². The molecule has 0 aliphatic heterocycles. The molecule has 0 spiro atoms. The third kappa shape index (κ3) is 6.77. The third-order valence-electron chi connectivity index (χ3n) is 5.38. The number of carboxylic acids is 1. The molecule has 2 aromatic rings. The van der Waals surface area contributed by atoms with E-state index in [0.717, 1.165) is 4.90 Å². The fourth-order valence-corrected chi connectivity index (χ4v) is 12.7. The Bertz CT molecular complexity index is 1430. The SMILES string of the molecule is CNC(=O)c1c(I)c(C(=O)N(C(=O)CN)c2c(I)c(CO)c(I)c(C(=O)O)c2I)c(I)c(N(C)C(C)=O)c1I. The zero-order valence-corrected chi connectivity index (χ0v) is 33.0. The number of imide groups is 1. The molecular weight excluding hydrogens is 1190 g/mol. The van der Waals surface area contributed by atoms with Gasteiger partial charge in [0.1, 0.15) is 0 Å². The van der Waals surface area contributed by atoms with Crippen molar-refractivity contribution >= 4 is 177 Å². The van der Waals surface area contributed by atoms with Gasteiger partial charge in [0.05, 0.1) is 51.9 Å². The number of rotatable bonds is 7. The number of halogens is 6. The molecule has 0 aromatic heterocycles. The van der Waals surface area contributed by atoms with E-state index in [-0.39, 0.29) is 48.1 Å². The number of benzene rings is 2. The van der Waals surface area contributed by atoms with Crippen LogP contribution in [0.3, 0.4) is 0 Å². The smallest absolute Gasteiger partial charge is 0.337 e. The van der Waals surface area contributed by atoms with Gasteiger partial charge in [0.25, 0.3) is 11.8 Å². The predicted molar refractivity (Wildman–Crippen MR) is 195 cm³/mol. The minimum atomic E-state index is -1.31. The van der Waals surface area contributed by atoms with Gasteiger partial charge in [-0.1, -0.05) is 0 Å². The molecule has 0 saturated carbocycles. The first kappa shape index (κ1) is 35.5. The maximum Gasteiger partial charge on any atom is 0.337 e. The lowest BCUT2D eigenvalue weighted by atomic mass is 10.0. The van der Waals surface area contributed by atoms with Gasteiger partial charge in [-0.05, 0) is 136 Å². The molecule has 0 unspecified atom stereocenters. The van der Waals surface area contributed by atoms with Crippen LogP contribution in [0.5, 0.6) is 0 Å². The molecule has 0 saturated heterocycles. The van der Waals surface area contributed by atoms with E-state index in [1.165, 1.54) is 25.9 Å². The summed E-state index contributed by atoms with van der Waals surface area (Å²) in [5.41, 5.74) is 6.06. The number of nitrogens with one attached hydrogen (secondary N) is 1. The fourth-order valence-electron chi connectivity index (χ4n) is 3.38. The molecule has 4 amide bonds. The standard InChI is InChI=1S/C22H18I6N4O7/c1-6(34)31(3)18-15(26)9(20(36)30-2)14(25)10(16(18)27)21(37)32(8(35)4-29)19-13(24)7(5-33)12(23)11(17(19)28)22(38)39/h33H,4-5,29H2,1-3H3,(H,30,36)(H,38,39). The zero-order valence-electron chi connectivity index (χ0n) is 20.1. The second kappa shape index (κ2) is 14.6. The first-order valence-corrected chi connectivity index (χ1v) is 16.8. The van der Waals surface area contributed by atoms with Crippen LogP contribution in [0.4, 0.5) is 11.4 Å². The van der Waals surface area contributed by atoms with E-state index in [1.54, 1.807) is 45.2 Å². The Morgan fingerprint density at radius 1 is 0.821 bits per heavy atom. The Morgan fingerprint density at radius 3 is 1.77 bits per heavy atom. The van der Waals surface area contributed by atoms with Crippen molar-refractivity contribution in [3.63, 3.8) is 0 Å². The van der Waals surface area contributed by atoms with Crippen LogP contribution in [0.2, 0.25) is 0 Å². The van der Waals surface area contributed by atoms with Crippen molar-refractivity contribution in [2.24, 2.45) is 5.73 Å². The van der Waals surface area contributed by atoms with Crippen LogP contribution in [0.1, 0.15) is 43.6 Å². The van der Waals surface area contributed by atoms with Gasteiger partial charge in [-0.3, -0.25) is 19.2 Å². The van der Waals surface area contributed by atoms with Gasteiger partial charge in [-0.15, -0.1) is 0 Å². The Kier molecular flexibility index (Phi) is 13.3. The number of nitrogens with two attached hydrogens (primary N) is 1. The number of hydrogen-bond donors (Lipinski definition) is 4. The van der Waals surface area contributed by atoms with Gasteiger partial charge in [-0.2, -0.15) is 0 Å². The van der Waals surface area contributed by atoms with E-state index in [0.29, 0.717) is 12.8 Å². The molecule has 0 radical (unpaired) electrons. The Balaban J connectivity index is 3.14. The van der Waals surface area contributed by atoms with E-state index in [4.69, 9.17) is 5.73 Å². The third-order valence-corrected chi connectivity index (χ3v) is 12.0. The Hall–Kier alpha value is 0.290. The van der Waals surface area contributed by atoms with E-state index < -0.39 is 36.8 Å². The topological polar surface area (TPSA) is 170 Å². The maximum atomic E-state index is 14.4. The van der Waals surface area contributed by atoms with Crippen molar-refractivity contribution in [1.82, 2.24) is 5.32 Å². The molecule has 2 rings (SSSR count). The van der Waals surface area contributed by atoms with E-state index in [9.17, 15) is 34.2 Å². The molecule has 0 aliphatic carbocycles. The number of aliphatic hydroxyl groups is 1. The number of carbonyl (C=O) groups is 5. The van der Waals surface area contributed by atoms with Crippen LogP contribution in [0, 0.1) is 21.4 Å². The average Bonchev–Trinajstić information content (AvgIpc) is 2.85. The molecule has 17 heteroatoms. The first-order valence-electron chi connectivity index (χ1n) is 10.4. The van der Waals surface area contributed by atoms with Crippen molar-refractivity contribution in [3.8, 4) is 0 Å². The van der Waals surface area contributed by atoms with Crippen LogP contribution < -0.4 is 20.9 Å². The summed E-state index contributed by atoms with van der Waals surface area (Å²) in [4.78, 5) is 67.2. The van der Waals surface area contributed by atoms with Crippen molar-refractivity contribution in [2.75, 3.05) is 30.4 Å². The second-order valence-corrected chi connectivity index (χ2v) is 14.0. The van der Waals surface area contributed by atoms with Crippen molar-refractivity contribution in [3.05, 3.63) is 43.7 Å². The number of amides is 4. The van der Waals surface area contributed by atoms with Crippen LogP contribution >= 0.6 is 136 Å². The van der Waals surface area contributed by atoms with Crippen molar-refractivity contribution in [2.45, 2.75) is 13.5 Å². The normalized spacial score (nSPS) is 10.7. The van der Waals surface area contributed by atoms with Crippen molar-refractivity contribution in [1.29, 1.82) is 0 Å². The lowest BCUT2D eigenvalue weighted by Gasteiger charge is -2.29. The number of nitrogens with zero attached hydrogens (tertiary/aromatic N) is 2. The minimum Gasteiger partial charge on any atom is -0.478 e. The Labute approximate surface area is 305 Å². The van der Waals surface area contributed by atoms with E-state index in [1.807, 2.05) is 90.4 Å². The lowest BCUT2D eigenvalue weighted by Crippen LogP contribution is -2.43. The summed E-state index contributed by atoms with van der Waals surface area (Å²) < 4.78 is 1.57. The maximum absolute atomic E-state index is 14.4. The summed E-state index contributed by atoms with van der Waals surface area (Å²) in [5.74, 6) is -3.90. The lowest BCUT2D eigenvalue weighted by molar-refractivity contribution is -0.117. The first-order chi connectivity index (χ1) is 18.1. The Morgan fingerprint density at radius 2 is 1.33 bits per heavy atom. The quantitative estimate of drug-likeness (QED) is 0.302. The van der Waals surface area contributed by atoms with Gasteiger partial charge >= 0.3 is 5.97 Å². The highest BCUT2D eigenvalue weighted by atomic mass is 127. The summed E-state index contributed by atoms with van der Waals surface area (Å²) in [5, 5.41) is 22.5. The summed E-state index contributed by atoms with van der Waals surface area (Å²) >= 11 is 11.1. The molecule has 0 aliphatic rings.